The highest BCUT2D eigenvalue weighted by atomic mass is 32.2. The second-order valence-corrected chi connectivity index (χ2v) is 4.73. The van der Waals surface area contributed by atoms with E-state index in [4.69, 9.17) is 10.8 Å². The van der Waals surface area contributed by atoms with Crippen molar-refractivity contribution in [3.63, 3.8) is 0 Å². The Morgan fingerprint density at radius 3 is 2.78 bits per heavy atom. The molecule has 94 valence electrons. The predicted octanol–water partition coefficient (Wildman–Crippen LogP) is 0.950. The number of nitrogens with zero attached hydrogens (tertiary/aromatic N) is 4. The van der Waals surface area contributed by atoms with Gasteiger partial charge in [-0.3, -0.25) is 0 Å². The average Bonchev–Trinajstić information content (AvgIpc) is 2.69. The Balaban J connectivity index is 2.41. The summed E-state index contributed by atoms with van der Waals surface area (Å²) < 4.78 is 1.51. The molecule has 1 heterocycles. The van der Waals surface area contributed by atoms with E-state index in [0.717, 1.165) is 4.90 Å². The van der Waals surface area contributed by atoms with E-state index in [1.165, 1.54) is 22.5 Å². The number of nitrogens with two attached hydrogens (primary N) is 1. The number of carboxylic acids is 1. The first-order valence-electron chi connectivity index (χ1n) is 5.02. The molecule has 1 aromatic carbocycles. The number of aryl methyl sites for hydroxylation is 2. The zero-order chi connectivity index (χ0) is 13.3. The monoisotopic (exact) mass is 265 g/mol. The summed E-state index contributed by atoms with van der Waals surface area (Å²) in [5, 5.41) is 20.7. The van der Waals surface area contributed by atoms with Gasteiger partial charge >= 0.3 is 5.97 Å². The number of aromatic nitrogens is 4. The Hall–Kier alpha value is -2.09. The minimum atomic E-state index is -1.05. The molecule has 0 fully saturated rings. The summed E-state index contributed by atoms with van der Waals surface area (Å²) in [6.45, 7) is 1.76. The second kappa shape index (κ2) is 4.65. The quantitative estimate of drug-likeness (QED) is 0.795. The fraction of sp³-hybridized carbons (Fsp3) is 0.200. The molecule has 1 aromatic heterocycles. The maximum atomic E-state index is 11.1. The molecule has 0 amide bonds. The summed E-state index contributed by atoms with van der Waals surface area (Å²) in [5.41, 5.74) is 6.81. The van der Waals surface area contributed by atoms with Crippen LogP contribution < -0.4 is 5.73 Å². The Morgan fingerprint density at radius 2 is 2.22 bits per heavy atom. The van der Waals surface area contributed by atoms with Crippen molar-refractivity contribution in [3.8, 4) is 0 Å². The SMILES string of the molecule is Cc1cc(Sc2nnnn2C)cc(C(=O)O)c1N. The summed E-state index contributed by atoms with van der Waals surface area (Å²) in [4.78, 5) is 11.8. The van der Waals surface area contributed by atoms with E-state index in [1.54, 1.807) is 20.0 Å². The van der Waals surface area contributed by atoms with Crippen LogP contribution in [0.2, 0.25) is 0 Å². The van der Waals surface area contributed by atoms with Crippen molar-refractivity contribution in [1.82, 2.24) is 20.2 Å². The molecule has 8 heteroatoms. The predicted molar refractivity (Wildman–Crippen MR) is 65.5 cm³/mol. The first-order chi connectivity index (χ1) is 8.49. The number of nitrogen functional groups attached to an aromatic ring is 1. The lowest BCUT2D eigenvalue weighted by Gasteiger charge is -2.07. The van der Waals surface area contributed by atoms with Crippen LogP contribution in [0.4, 0.5) is 5.69 Å². The standard InChI is InChI=1S/C10H11N5O2S/c1-5-3-6(4-7(8(5)11)9(16)17)18-10-12-13-14-15(10)2/h3-4H,11H2,1-2H3,(H,16,17). The van der Waals surface area contributed by atoms with Gasteiger partial charge in [0.2, 0.25) is 5.16 Å². The van der Waals surface area contributed by atoms with Crippen LogP contribution in [0.3, 0.4) is 0 Å². The smallest absolute Gasteiger partial charge is 0.337 e. The fourth-order valence-corrected chi connectivity index (χ4v) is 2.28. The van der Waals surface area contributed by atoms with Crippen LogP contribution in [-0.2, 0) is 7.05 Å². The molecule has 0 aliphatic rings. The van der Waals surface area contributed by atoms with Crippen LogP contribution in [0.15, 0.2) is 22.2 Å². The number of hydrogen-bond donors (Lipinski definition) is 2. The van der Waals surface area contributed by atoms with Crippen molar-refractivity contribution < 1.29 is 9.90 Å². The minimum absolute atomic E-state index is 0.0904. The third kappa shape index (κ3) is 2.28. The molecule has 0 aliphatic carbocycles. The van der Waals surface area contributed by atoms with Crippen molar-refractivity contribution in [3.05, 3.63) is 23.3 Å². The lowest BCUT2D eigenvalue weighted by atomic mass is 10.1. The van der Waals surface area contributed by atoms with Gasteiger partial charge in [0.25, 0.3) is 0 Å². The number of hydrogen-bond acceptors (Lipinski definition) is 6. The highest BCUT2D eigenvalue weighted by Crippen LogP contribution is 2.30. The van der Waals surface area contributed by atoms with Gasteiger partial charge in [0, 0.05) is 17.6 Å². The topological polar surface area (TPSA) is 107 Å². The summed E-state index contributed by atoms with van der Waals surface area (Å²) in [5.74, 6) is -1.05. The molecule has 0 unspecified atom stereocenters. The Labute approximate surface area is 107 Å². The maximum absolute atomic E-state index is 11.1. The lowest BCUT2D eigenvalue weighted by Crippen LogP contribution is -2.04. The number of tetrazole rings is 1. The van der Waals surface area contributed by atoms with Gasteiger partial charge in [-0.25, -0.2) is 9.48 Å². The van der Waals surface area contributed by atoms with Gasteiger partial charge in [-0.15, -0.1) is 5.10 Å². The van der Waals surface area contributed by atoms with Crippen molar-refractivity contribution in [2.45, 2.75) is 17.0 Å². The van der Waals surface area contributed by atoms with Crippen molar-refractivity contribution in [2.24, 2.45) is 7.05 Å². The van der Waals surface area contributed by atoms with Crippen LogP contribution in [0.1, 0.15) is 15.9 Å². The summed E-state index contributed by atoms with van der Waals surface area (Å²) in [6.07, 6.45) is 0. The first kappa shape index (κ1) is 12.4. The molecule has 18 heavy (non-hydrogen) atoms. The molecule has 0 saturated heterocycles. The molecule has 0 radical (unpaired) electrons. The van der Waals surface area contributed by atoms with Crippen LogP contribution in [0, 0.1) is 6.92 Å². The van der Waals surface area contributed by atoms with Gasteiger partial charge in [-0.2, -0.15) is 0 Å². The zero-order valence-electron chi connectivity index (χ0n) is 9.78. The van der Waals surface area contributed by atoms with E-state index in [-0.39, 0.29) is 11.3 Å². The fourth-order valence-electron chi connectivity index (χ4n) is 1.41. The molecule has 0 atom stereocenters. The largest absolute Gasteiger partial charge is 0.478 e. The van der Waals surface area contributed by atoms with Gasteiger partial charge < -0.3 is 10.8 Å². The van der Waals surface area contributed by atoms with Crippen molar-refractivity contribution in [1.29, 1.82) is 0 Å². The number of carbonyl (C=O) groups is 1. The van der Waals surface area contributed by atoms with Gasteiger partial charge in [0.05, 0.1) is 5.56 Å². The van der Waals surface area contributed by atoms with Crippen LogP contribution in [-0.4, -0.2) is 31.3 Å². The Kier molecular flexibility index (Phi) is 3.19. The molecule has 7 nitrogen and oxygen atoms in total. The maximum Gasteiger partial charge on any atom is 0.337 e. The third-order valence-electron chi connectivity index (χ3n) is 2.38. The number of carboxylic acid groups (broad SMARTS) is 1. The molecule has 3 N–H and O–H groups in total. The summed E-state index contributed by atoms with van der Waals surface area (Å²) in [6, 6.07) is 3.32. The number of benzene rings is 1. The molecule has 2 rings (SSSR count). The summed E-state index contributed by atoms with van der Waals surface area (Å²) >= 11 is 1.28. The molecule has 2 aromatic rings. The second-order valence-electron chi connectivity index (χ2n) is 3.69. The van der Waals surface area contributed by atoms with Gasteiger partial charge in [-0.1, -0.05) is 0 Å². The molecule has 0 aliphatic heterocycles. The first-order valence-corrected chi connectivity index (χ1v) is 5.84. The molecule has 0 spiro atoms. The van der Waals surface area contributed by atoms with E-state index in [9.17, 15) is 4.79 Å². The highest BCUT2D eigenvalue weighted by Gasteiger charge is 2.13. The lowest BCUT2D eigenvalue weighted by molar-refractivity contribution is 0.0697. The number of rotatable bonds is 3. The van der Waals surface area contributed by atoms with Crippen molar-refractivity contribution in [2.75, 3.05) is 5.73 Å². The molecular weight excluding hydrogens is 254 g/mol. The van der Waals surface area contributed by atoms with Crippen LogP contribution in [0.5, 0.6) is 0 Å². The molecule has 0 saturated carbocycles. The van der Waals surface area contributed by atoms with E-state index in [1.807, 2.05) is 0 Å². The van der Waals surface area contributed by atoms with Gasteiger partial charge in [-0.05, 0) is 46.8 Å². The van der Waals surface area contributed by atoms with Gasteiger partial charge in [0.1, 0.15) is 0 Å². The van der Waals surface area contributed by atoms with E-state index < -0.39 is 5.97 Å². The van der Waals surface area contributed by atoms with E-state index in [2.05, 4.69) is 15.5 Å². The number of aromatic carboxylic acids is 1. The average molecular weight is 265 g/mol. The van der Waals surface area contributed by atoms with Crippen LogP contribution in [0.25, 0.3) is 0 Å². The Bertz CT molecular complexity index is 610. The van der Waals surface area contributed by atoms with Crippen LogP contribution >= 0.6 is 11.8 Å². The molecule has 0 bridgehead atoms. The van der Waals surface area contributed by atoms with E-state index in [0.29, 0.717) is 10.7 Å². The zero-order valence-corrected chi connectivity index (χ0v) is 10.6. The highest BCUT2D eigenvalue weighted by molar-refractivity contribution is 7.99. The minimum Gasteiger partial charge on any atom is -0.478 e. The molecular formula is C10H11N5O2S. The number of anilines is 1. The normalized spacial score (nSPS) is 10.6. The van der Waals surface area contributed by atoms with Crippen molar-refractivity contribution >= 4 is 23.4 Å². The van der Waals surface area contributed by atoms with E-state index >= 15 is 0 Å². The Morgan fingerprint density at radius 1 is 1.50 bits per heavy atom. The summed E-state index contributed by atoms with van der Waals surface area (Å²) in [7, 11) is 1.71. The third-order valence-corrected chi connectivity index (χ3v) is 3.38. The van der Waals surface area contributed by atoms with Gasteiger partial charge in [0.15, 0.2) is 0 Å².